The molecule has 1 aliphatic rings. The Bertz CT molecular complexity index is 1040. The Morgan fingerprint density at radius 3 is 2.62 bits per heavy atom. The zero-order valence-electron chi connectivity index (χ0n) is 16.0. The topological polar surface area (TPSA) is 89.8 Å². The molecule has 0 aliphatic carbocycles. The molecule has 2 aromatic heterocycles. The van der Waals surface area contributed by atoms with E-state index in [4.69, 9.17) is 13.9 Å². The molecule has 29 heavy (non-hydrogen) atoms. The van der Waals surface area contributed by atoms with E-state index in [2.05, 4.69) is 10.6 Å². The minimum absolute atomic E-state index is 0.201. The molecule has 1 aromatic carbocycles. The van der Waals surface area contributed by atoms with E-state index in [1.165, 1.54) is 17.6 Å². The van der Waals surface area contributed by atoms with E-state index in [1.54, 1.807) is 18.2 Å². The molecule has 1 atom stereocenters. The third kappa shape index (κ3) is 4.12. The number of hydrogen-bond donors (Lipinski definition) is 2. The van der Waals surface area contributed by atoms with Gasteiger partial charge in [-0.25, -0.2) is 0 Å². The summed E-state index contributed by atoms with van der Waals surface area (Å²) in [6.45, 7) is 4.79. The number of carbonyl (C=O) groups is 2. The van der Waals surface area contributed by atoms with Crippen molar-refractivity contribution in [2.75, 3.05) is 18.5 Å². The normalized spacial score (nSPS) is 13.6. The highest BCUT2D eigenvalue weighted by Gasteiger charge is 2.20. The van der Waals surface area contributed by atoms with Gasteiger partial charge in [-0.15, -0.1) is 11.3 Å². The van der Waals surface area contributed by atoms with Crippen molar-refractivity contribution in [1.82, 2.24) is 5.32 Å². The lowest BCUT2D eigenvalue weighted by Crippen LogP contribution is -2.26. The molecular formula is C21H20N2O5S. The second-order valence-electron chi connectivity index (χ2n) is 6.65. The number of fused-ring (bicyclic) bond motifs is 1. The van der Waals surface area contributed by atoms with E-state index >= 15 is 0 Å². The van der Waals surface area contributed by atoms with Crippen molar-refractivity contribution in [2.45, 2.75) is 19.9 Å². The fourth-order valence-electron chi connectivity index (χ4n) is 3.03. The zero-order chi connectivity index (χ0) is 20.4. The smallest absolute Gasteiger partial charge is 0.291 e. The molecular weight excluding hydrogens is 392 g/mol. The zero-order valence-corrected chi connectivity index (χ0v) is 16.8. The van der Waals surface area contributed by atoms with Crippen LogP contribution in [0.4, 0.5) is 5.00 Å². The largest absolute Gasteiger partial charge is 0.486 e. The highest BCUT2D eigenvalue weighted by molar-refractivity contribution is 7.18. The summed E-state index contributed by atoms with van der Waals surface area (Å²) in [6, 6.07) is 10.4. The Kier molecular flexibility index (Phi) is 5.26. The van der Waals surface area contributed by atoms with Crippen LogP contribution < -0.4 is 20.1 Å². The SMILES string of the molecule is Cc1cc(NC(=O)c2ccco2)sc1C(=O)NC(C)c1ccc2c(c1)OCCO2. The van der Waals surface area contributed by atoms with Crippen molar-refractivity contribution in [3.63, 3.8) is 0 Å². The number of carbonyl (C=O) groups excluding carboxylic acids is 2. The molecule has 7 nitrogen and oxygen atoms in total. The van der Waals surface area contributed by atoms with Crippen molar-refractivity contribution in [3.05, 3.63) is 64.4 Å². The molecule has 0 fully saturated rings. The Balaban J connectivity index is 1.44. The van der Waals surface area contributed by atoms with Crippen LogP contribution in [0.15, 0.2) is 47.1 Å². The predicted molar refractivity (Wildman–Crippen MR) is 109 cm³/mol. The van der Waals surface area contributed by atoms with E-state index in [-0.39, 0.29) is 23.6 Å². The number of benzene rings is 1. The minimum atomic E-state index is -0.354. The van der Waals surface area contributed by atoms with Crippen LogP contribution in [-0.2, 0) is 0 Å². The monoisotopic (exact) mass is 412 g/mol. The second kappa shape index (κ2) is 8.00. The van der Waals surface area contributed by atoms with Gasteiger partial charge in [0.1, 0.15) is 13.2 Å². The van der Waals surface area contributed by atoms with Crippen LogP contribution in [-0.4, -0.2) is 25.0 Å². The minimum Gasteiger partial charge on any atom is -0.486 e. The van der Waals surface area contributed by atoms with Crippen LogP contribution in [0.25, 0.3) is 0 Å². The first-order valence-electron chi connectivity index (χ1n) is 9.17. The van der Waals surface area contributed by atoms with Crippen LogP contribution in [0, 0.1) is 6.92 Å². The summed E-state index contributed by atoms with van der Waals surface area (Å²) in [5.74, 6) is 1.06. The highest BCUT2D eigenvalue weighted by atomic mass is 32.1. The van der Waals surface area contributed by atoms with Crippen molar-refractivity contribution >= 4 is 28.2 Å². The summed E-state index contributed by atoms with van der Waals surface area (Å²) in [4.78, 5) is 25.4. The van der Waals surface area contributed by atoms with E-state index < -0.39 is 0 Å². The summed E-state index contributed by atoms with van der Waals surface area (Å²) in [5, 5.41) is 6.34. The number of anilines is 1. The number of aryl methyl sites for hydroxylation is 1. The summed E-state index contributed by atoms with van der Waals surface area (Å²) in [7, 11) is 0. The summed E-state index contributed by atoms with van der Waals surface area (Å²) in [5.41, 5.74) is 1.71. The van der Waals surface area contributed by atoms with Gasteiger partial charge in [-0.05, 0) is 55.3 Å². The van der Waals surface area contributed by atoms with Gasteiger partial charge in [-0.1, -0.05) is 6.07 Å². The van der Waals surface area contributed by atoms with Gasteiger partial charge in [-0.3, -0.25) is 9.59 Å². The molecule has 0 radical (unpaired) electrons. The van der Waals surface area contributed by atoms with Gasteiger partial charge in [0.05, 0.1) is 22.2 Å². The van der Waals surface area contributed by atoms with Gasteiger partial charge in [0.25, 0.3) is 11.8 Å². The average Bonchev–Trinajstić information content (AvgIpc) is 3.37. The fraction of sp³-hybridized carbons (Fsp3) is 0.238. The Morgan fingerprint density at radius 1 is 1.07 bits per heavy atom. The van der Waals surface area contributed by atoms with E-state index in [0.717, 1.165) is 11.1 Å². The molecule has 0 bridgehead atoms. The van der Waals surface area contributed by atoms with Crippen LogP contribution in [0.3, 0.4) is 0 Å². The first kappa shape index (κ1) is 19.1. The van der Waals surface area contributed by atoms with Gasteiger partial charge >= 0.3 is 0 Å². The van der Waals surface area contributed by atoms with Gasteiger partial charge < -0.3 is 24.5 Å². The molecule has 150 valence electrons. The van der Waals surface area contributed by atoms with Gasteiger partial charge in [0, 0.05) is 0 Å². The molecule has 8 heteroatoms. The lowest BCUT2D eigenvalue weighted by atomic mass is 10.1. The average molecular weight is 412 g/mol. The van der Waals surface area contributed by atoms with Crippen molar-refractivity contribution in [1.29, 1.82) is 0 Å². The summed E-state index contributed by atoms with van der Waals surface area (Å²) in [6.07, 6.45) is 1.44. The maximum absolute atomic E-state index is 12.8. The van der Waals surface area contributed by atoms with E-state index in [0.29, 0.717) is 34.6 Å². The molecule has 0 saturated carbocycles. The molecule has 1 unspecified atom stereocenters. The molecule has 2 N–H and O–H groups in total. The molecule has 4 rings (SSSR count). The molecule has 1 aliphatic heterocycles. The van der Waals surface area contributed by atoms with Gasteiger partial charge in [-0.2, -0.15) is 0 Å². The molecule has 0 spiro atoms. The van der Waals surface area contributed by atoms with E-state index in [1.807, 2.05) is 32.0 Å². The predicted octanol–water partition coefficient (Wildman–Crippen LogP) is 4.16. The summed E-state index contributed by atoms with van der Waals surface area (Å²) >= 11 is 1.22. The van der Waals surface area contributed by atoms with E-state index in [9.17, 15) is 9.59 Å². The molecule has 3 aromatic rings. The Hall–Kier alpha value is -3.26. The maximum atomic E-state index is 12.8. The first-order chi connectivity index (χ1) is 14.0. The number of thiophene rings is 1. The first-order valence-corrected chi connectivity index (χ1v) is 9.98. The maximum Gasteiger partial charge on any atom is 0.291 e. The van der Waals surface area contributed by atoms with Crippen LogP contribution >= 0.6 is 11.3 Å². The Labute approximate surface area is 171 Å². The quantitative estimate of drug-likeness (QED) is 0.657. The Morgan fingerprint density at radius 2 is 1.86 bits per heavy atom. The van der Waals surface area contributed by atoms with Crippen molar-refractivity contribution in [3.8, 4) is 11.5 Å². The number of furan rings is 1. The molecule has 2 amide bonds. The highest BCUT2D eigenvalue weighted by Crippen LogP contribution is 2.33. The van der Waals surface area contributed by atoms with Gasteiger partial charge in [0.15, 0.2) is 17.3 Å². The molecule has 0 saturated heterocycles. The number of ether oxygens (including phenoxy) is 2. The number of rotatable bonds is 5. The summed E-state index contributed by atoms with van der Waals surface area (Å²) < 4.78 is 16.2. The van der Waals surface area contributed by atoms with Gasteiger partial charge in [0.2, 0.25) is 0 Å². The van der Waals surface area contributed by atoms with Crippen LogP contribution in [0.1, 0.15) is 44.3 Å². The van der Waals surface area contributed by atoms with Crippen LogP contribution in [0.5, 0.6) is 11.5 Å². The third-order valence-electron chi connectivity index (χ3n) is 4.52. The fourth-order valence-corrected chi connectivity index (χ4v) is 4.00. The number of hydrogen-bond acceptors (Lipinski definition) is 6. The van der Waals surface area contributed by atoms with Crippen molar-refractivity contribution in [2.24, 2.45) is 0 Å². The standard InChI is InChI=1S/C21H20N2O5S/c1-12-10-18(23-20(24)16-4-3-7-26-16)29-19(12)21(25)22-13(2)14-5-6-15-17(11-14)28-9-8-27-15/h3-7,10-11,13H,8-9H2,1-2H3,(H,22,25)(H,23,24). The lowest BCUT2D eigenvalue weighted by molar-refractivity contribution is 0.0942. The third-order valence-corrected chi connectivity index (χ3v) is 5.67. The van der Waals surface area contributed by atoms with Crippen molar-refractivity contribution < 1.29 is 23.5 Å². The lowest BCUT2D eigenvalue weighted by Gasteiger charge is -2.21. The van der Waals surface area contributed by atoms with Crippen LogP contribution in [0.2, 0.25) is 0 Å². The number of amides is 2. The molecule has 3 heterocycles. The second-order valence-corrected chi connectivity index (χ2v) is 7.70. The number of nitrogens with one attached hydrogen (secondary N) is 2.